The summed E-state index contributed by atoms with van der Waals surface area (Å²) in [5.41, 5.74) is -3.05. The molecule has 0 radical (unpaired) electrons. The maximum absolute atomic E-state index is 13.9. The predicted molar refractivity (Wildman–Crippen MR) is 96.6 cm³/mol. The molecule has 1 aromatic rings. The molecule has 1 fully saturated rings. The Hall–Kier alpha value is -2.21. The normalized spacial score (nSPS) is 23.4. The van der Waals surface area contributed by atoms with Gasteiger partial charge in [0.1, 0.15) is 6.04 Å². The monoisotopic (exact) mass is 482 g/mol. The van der Waals surface area contributed by atoms with Crippen LogP contribution in [-0.2, 0) is 19.1 Å². The Labute approximate surface area is 172 Å². The molecular formula is C17H18BrF3N2O6. The Morgan fingerprint density at radius 2 is 1.72 bits per heavy atom. The number of alkyl halides is 3. The van der Waals surface area contributed by atoms with Crippen molar-refractivity contribution < 1.29 is 37.2 Å². The number of halogens is 4. The van der Waals surface area contributed by atoms with Gasteiger partial charge < -0.3 is 9.47 Å². The van der Waals surface area contributed by atoms with Gasteiger partial charge >= 0.3 is 18.1 Å². The zero-order valence-corrected chi connectivity index (χ0v) is 17.0. The molecule has 1 N–H and O–H groups in total. The highest BCUT2D eigenvalue weighted by Gasteiger charge is 2.75. The first-order valence-corrected chi connectivity index (χ1v) is 9.38. The Morgan fingerprint density at radius 1 is 1.21 bits per heavy atom. The minimum atomic E-state index is -5.02. The highest BCUT2D eigenvalue weighted by Crippen LogP contribution is 2.47. The molecule has 0 bridgehead atoms. The van der Waals surface area contributed by atoms with Crippen molar-refractivity contribution in [3.8, 4) is 0 Å². The number of carbonyl (C=O) groups excluding carboxylic acids is 2. The van der Waals surface area contributed by atoms with Crippen LogP contribution in [0.3, 0.4) is 0 Å². The Bertz CT molecular complexity index is 786. The lowest BCUT2D eigenvalue weighted by Crippen LogP contribution is -2.65. The molecule has 0 spiro atoms. The van der Waals surface area contributed by atoms with Crippen molar-refractivity contribution in [2.45, 2.75) is 43.6 Å². The van der Waals surface area contributed by atoms with Crippen LogP contribution >= 0.6 is 15.9 Å². The number of hydrogen-bond donors (Lipinski definition) is 1. The summed E-state index contributed by atoms with van der Waals surface area (Å²) in [6.45, 7) is 2.11. The molecular weight excluding hydrogens is 465 g/mol. The zero-order chi connectivity index (χ0) is 22.0. The lowest BCUT2D eigenvalue weighted by atomic mass is 9.81. The molecule has 0 aromatic heterocycles. The quantitative estimate of drug-likeness (QED) is 0.287. The number of nitro groups is 1. The number of carbonyl (C=O) groups is 2. The molecule has 1 aliphatic heterocycles. The third-order valence-electron chi connectivity index (χ3n) is 4.57. The van der Waals surface area contributed by atoms with E-state index >= 15 is 0 Å². The van der Waals surface area contributed by atoms with Gasteiger partial charge in [-0.3, -0.25) is 15.4 Å². The van der Waals surface area contributed by atoms with Crippen molar-refractivity contribution in [1.82, 2.24) is 5.32 Å². The van der Waals surface area contributed by atoms with Crippen molar-refractivity contribution in [3.63, 3.8) is 0 Å². The van der Waals surface area contributed by atoms with Gasteiger partial charge in [0.25, 0.3) is 11.6 Å². The van der Waals surface area contributed by atoms with E-state index in [0.29, 0.717) is 0 Å². The fourth-order valence-electron chi connectivity index (χ4n) is 3.47. The fourth-order valence-corrected chi connectivity index (χ4v) is 4.02. The molecule has 1 saturated heterocycles. The Balaban J connectivity index is 2.80. The molecule has 0 amide bonds. The van der Waals surface area contributed by atoms with Crippen LogP contribution in [0.15, 0.2) is 28.7 Å². The molecule has 3 atom stereocenters. The molecule has 0 aliphatic carbocycles. The van der Waals surface area contributed by atoms with Gasteiger partial charge in [0.15, 0.2) is 0 Å². The minimum absolute atomic E-state index is 0.0838. The van der Waals surface area contributed by atoms with E-state index in [9.17, 15) is 32.9 Å². The van der Waals surface area contributed by atoms with E-state index in [1.54, 1.807) is 0 Å². The second-order valence-electron chi connectivity index (χ2n) is 6.19. The summed E-state index contributed by atoms with van der Waals surface area (Å²) in [4.78, 5) is 36.2. The van der Waals surface area contributed by atoms with Crippen LogP contribution in [0.2, 0.25) is 0 Å². The van der Waals surface area contributed by atoms with Gasteiger partial charge in [-0.1, -0.05) is 34.1 Å². The number of hydrogen-bond acceptors (Lipinski definition) is 7. The molecule has 1 aliphatic rings. The highest BCUT2D eigenvalue weighted by atomic mass is 79.9. The number of benzene rings is 1. The van der Waals surface area contributed by atoms with Crippen LogP contribution in [0.4, 0.5) is 13.2 Å². The van der Waals surface area contributed by atoms with Gasteiger partial charge in [-0.25, -0.2) is 9.59 Å². The molecule has 1 heterocycles. The molecule has 8 nitrogen and oxygen atoms in total. The van der Waals surface area contributed by atoms with Crippen LogP contribution in [-0.4, -0.2) is 53.9 Å². The highest BCUT2D eigenvalue weighted by molar-refractivity contribution is 9.10. The number of ether oxygens (including phenoxy) is 2. The van der Waals surface area contributed by atoms with E-state index in [1.807, 2.05) is 5.32 Å². The average Bonchev–Trinajstić information content (AvgIpc) is 3.00. The van der Waals surface area contributed by atoms with Crippen molar-refractivity contribution >= 4 is 27.9 Å². The molecule has 1 aromatic carbocycles. The minimum Gasteiger partial charge on any atom is -0.464 e. The molecule has 2 rings (SSSR count). The molecule has 12 heteroatoms. The third kappa shape index (κ3) is 4.08. The Kier molecular flexibility index (Phi) is 6.89. The maximum atomic E-state index is 13.9. The van der Waals surface area contributed by atoms with Crippen molar-refractivity contribution in [1.29, 1.82) is 0 Å². The SMILES string of the molecule is CCOC(=O)C1(C(=O)OCC)N[C@@H](C(F)(F)F)[C@H](c2ccccc2Br)[C@H]1[N+](=O)[O-]. The van der Waals surface area contributed by atoms with E-state index in [4.69, 9.17) is 9.47 Å². The number of esters is 2. The molecule has 0 unspecified atom stereocenters. The summed E-state index contributed by atoms with van der Waals surface area (Å²) in [6, 6.07) is 0.687. The number of nitrogens with zero attached hydrogens (tertiary/aromatic N) is 1. The smallest absolute Gasteiger partial charge is 0.404 e. The van der Waals surface area contributed by atoms with Crippen LogP contribution in [0.25, 0.3) is 0 Å². The lowest BCUT2D eigenvalue weighted by Gasteiger charge is -2.27. The summed E-state index contributed by atoms with van der Waals surface area (Å²) in [5.74, 6) is -4.90. The van der Waals surface area contributed by atoms with Gasteiger partial charge in [0.2, 0.25) is 0 Å². The summed E-state index contributed by atoms with van der Waals surface area (Å²) < 4.78 is 51.4. The van der Waals surface area contributed by atoms with Crippen molar-refractivity contribution in [2.75, 3.05) is 13.2 Å². The van der Waals surface area contributed by atoms with E-state index in [1.165, 1.54) is 38.1 Å². The van der Waals surface area contributed by atoms with Gasteiger partial charge in [-0.05, 0) is 25.5 Å². The number of nitrogens with one attached hydrogen (secondary N) is 1. The molecule has 0 saturated carbocycles. The molecule has 160 valence electrons. The van der Waals surface area contributed by atoms with Crippen LogP contribution < -0.4 is 5.32 Å². The first-order valence-electron chi connectivity index (χ1n) is 8.59. The summed E-state index contributed by atoms with van der Waals surface area (Å²) >= 11 is 3.10. The fraction of sp³-hybridized carbons (Fsp3) is 0.529. The van der Waals surface area contributed by atoms with Crippen LogP contribution in [0.5, 0.6) is 0 Å². The predicted octanol–water partition coefficient (Wildman–Crippen LogP) is 2.58. The van der Waals surface area contributed by atoms with Gasteiger partial charge in [-0.2, -0.15) is 13.2 Å². The maximum Gasteiger partial charge on any atom is 0.404 e. The largest absolute Gasteiger partial charge is 0.464 e. The first-order chi connectivity index (χ1) is 13.5. The van der Waals surface area contributed by atoms with E-state index in [0.717, 1.165) is 0 Å². The van der Waals surface area contributed by atoms with Crippen LogP contribution in [0.1, 0.15) is 25.3 Å². The van der Waals surface area contributed by atoms with Crippen LogP contribution in [0, 0.1) is 10.1 Å². The second-order valence-corrected chi connectivity index (χ2v) is 7.04. The lowest BCUT2D eigenvalue weighted by molar-refractivity contribution is -0.530. The number of rotatable bonds is 6. The van der Waals surface area contributed by atoms with Gasteiger partial charge in [0.05, 0.1) is 19.1 Å². The second kappa shape index (κ2) is 8.66. The van der Waals surface area contributed by atoms with Gasteiger partial charge in [0, 0.05) is 9.40 Å². The standard InChI is InChI=1S/C17H18BrF3N2O6/c1-3-28-14(24)16(15(25)29-4-2)13(23(26)27)11(12(22-16)17(19,20)21)9-7-5-6-8-10(9)18/h5-8,11-13,22H,3-4H2,1-2H3/t11-,12+,13+/m0/s1. The van der Waals surface area contributed by atoms with E-state index in [-0.39, 0.29) is 23.2 Å². The van der Waals surface area contributed by atoms with E-state index < -0.39 is 46.6 Å². The van der Waals surface area contributed by atoms with Gasteiger partial charge in [-0.15, -0.1) is 0 Å². The first kappa shape index (κ1) is 23.1. The van der Waals surface area contributed by atoms with E-state index in [2.05, 4.69) is 15.9 Å². The van der Waals surface area contributed by atoms with Crippen molar-refractivity contribution in [3.05, 3.63) is 44.4 Å². The molecule has 29 heavy (non-hydrogen) atoms. The van der Waals surface area contributed by atoms with Crippen molar-refractivity contribution in [2.24, 2.45) is 0 Å². The summed E-state index contributed by atoms with van der Waals surface area (Å²) in [7, 11) is 0. The summed E-state index contributed by atoms with van der Waals surface area (Å²) in [6.07, 6.45) is -5.02. The summed E-state index contributed by atoms with van der Waals surface area (Å²) in [5, 5.41) is 13.9. The topological polar surface area (TPSA) is 108 Å². The Morgan fingerprint density at radius 3 is 2.14 bits per heavy atom. The zero-order valence-electron chi connectivity index (χ0n) is 15.4. The average molecular weight is 483 g/mol. The third-order valence-corrected chi connectivity index (χ3v) is 5.29.